The molecule has 0 amide bonds. The van der Waals surface area contributed by atoms with Crippen LogP contribution in [0, 0.1) is 0 Å². The first-order valence-corrected chi connectivity index (χ1v) is 6.44. The molecule has 1 aliphatic rings. The van der Waals surface area contributed by atoms with Crippen LogP contribution in [0.5, 0.6) is 0 Å². The molecule has 1 saturated heterocycles. The van der Waals surface area contributed by atoms with E-state index in [1.54, 1.807) is 11.3 Å². The van der Waals surface area contributed by atoms with Gasteiger partial charge in [0.2, 0.25) is 0 Å². The number of piperidine rings is 1. The zero-order valence-corrected chi connectivity index (χ0v) is 9.83. The van der Waals surface area contributed by atoms with E-state index in [2.05, 4.69) is 23.5 Å². The van der Waals surface area contributed by atoms with Gasteiger partial charge in [0.15, 0.2) is 0 Å². The average Bonchev–Trinajstić information content (AvgIpc) is 2.74. The first-order chi connectivity index (χ1) is 7.78. The molecule has 2 heterocycles. The summed E-state index contributed by atoms with van der Waals surface area (Å²) in [6, 6.07) is 10.4. The molecule has 2 aromatic rings. The molecule has 1 aliphatic heterocycles. The molecular formula is C13H14NOS. The summed E-state index contributed by atoms with van der Waals surface area (Å²) < 4.78 is 1.26. The van der Waals surface area contributed by atoms with Gasteiger partial charge in [-0.2, -0.15) is 0 Å². The Kier molecular flexibility index (Phi) is 2.46. The van der Waals surface area contributed by atoms with Crippen LogP contribution in [0.3, 0.4) is 0 Å². The number of rotatable bonds is 1. The Hall–Kier alpha value is -0.900. The molecule has 2 nitrogen and oxygen atoms in total. The monoisotopic (exact) mass is 232 g/mol. The third-order valence-electron chi connectivity index (χ3n) is 3.25. The van der Waals surface area contributed by atoms with Gasteiger partial charge in [0.05, 0.1) is 0 Å². The summed E-state index contributed by atoms with van der Waals surface area (Å²) >= 11 is 1.71. The first kappa shape index (κ1) is 10.3. The molecule has 1 fully saturated rings. The van der Waals surface area contributed by atoms with Crippen LogP contribution in [0.15, 0.2) is 30.3 Å². The molecule has 1 aromatic heterocycles. The molecule has 83 valence electrons. The zero-order chi connectivity index (χ0) is 11.0. The van der Waals surface area contributed by atoms with Crippen LogP contribution in [0.1, 0.15) is 17.7 Å². The lowest BCUT2D eigenvalue weighted by Gasteiger charge is -2.30. The summed E-state index contributed by atoms with van der Waals surface area (Å²) in [4.78, 5) is 1.10. The fourth-order valence-corrected chi connectivity index (χ4v) is 3.43. The highest BCUT2D eigenvalue weighted by Gasteiger charge is 2.33. The first-order valence-electron chi connectivity index (χ1n) is 5.63. The van der Waals surface area contributed by atoms with Crippen molar-refractivity contribution in [2.45, 2.75) is 18.4 Å². The minimum atomic E-state index is -0.633. The maximum Gasteiger partial charge on any atom is 0.101 e. The molecule has 1 N–H and O–H groups in total. The molecule has 0 saturated carbocycles. The van der Waals surface area contributed by atoms with Gasteiger partial charge in [-0.05, 0) is 30.4 Å². The number of aliphatic hydroxyl groups is 1. The summed E-state index contributed by atoms with van der Waals surface area (Å²) in [5.74, 6) is 0. The predicted octanol–water partition coefficient (Wildman–Crippen LogP) is 2.49. The predicted molar refractivity (Wildman–Crippen MR) is 66.8 cm³/mol. The Bertz CT molecular complexity index is 466. The number of nitrogens with zero attached hydrogens (tertiary/aromatic N) is 1. The normalized spacial score (nSPS) is 20.1. The van der Waals surface area contributed by atoms with Crippen LogP contribution in [0.4, 0.5) is 0 Å². The van der Waals surface area contributed by atoms with E-state index >= 15 is 0 Å². The van der Waals surface area contributed by atoms with Crippen LogP contribution in [0.2, 0.25) is 0 Å². The zero-order valence-electron chi connectivity index (χ0n) is 9.02. The van der Waals surface area contributed by atoms with E-state index in [0.29, 0.717) is 0 Å². The molecule has 0 spiro atoms. The Morgan fingerprint density at radius 3 is 2.69 bits per heavy atom. The minimum Gasteiger partial charge on any atom is -0.384 e. The number of thiophene rings is 1. The Balaban J connectivity index is 2.04. The van der Waals surface area contributed by atoms with Crippen LogP contribution in [-0.4, -0.2) is 18.2 Å². The van der Waals surface area contributed by atoms with Crippen LogP contribution in [0.25, 0.3) is 10.1 Å². The number of hydrogen-bond acceptors (Lipinski definition) is 2. The van der Waals surface area contributed by atoms with E-state index < -0.39 is 5.60 Å². The summed E-state index contributed by atoms with van der Waals surface area (Å²) in [6.45, 7) is 1.56. The highest BCUT2D eigenvalue weighted by atomic mass is 32.1. The van der Waals surface area contributed by atoms with Crippen molar-refractivity contribution in [1.29, 1.82) is 0 Å². The molecule has 0 aliphatic carbocycles. The summed E-state index contributed by atoms with van der Waals surface area (Å²) in [5.41, 5.74) is -0.633. The van der Waals surface area contributed by atoms with E-state index in [0.717, 1.165) is 30.8 Å². The van der Waals surface area contributed by atoms with Crippen molar-refractivity contribution in [2.24, 2.45) is 0 Å². The topological polar surface area (TPSA) is 34.3 Å². The molecular weight excluding hydrogens is 218 g/mol. The van der Waals surface area contributed by atoms with Gasteiger partial charge in [-0.15, -0.1) is 11.3 Å². The number of hydrogen-bond donors (Lipinski definition) is 1. The third-order valence-corrected chi connectivity index (χ3v) is 4.56. The maximum absolute atomic E-state index is 10.6. The van der Waals surface area contributed by atoms with Crippen molar-refractivity contribution < 1.29 is 5.11 Å². The largest absolute Gasteiger partial charge is 0.384 e. The molecule has 3 rings (SSSR count). The smallest absolute Gasteiger partial charge is 0.101 e. The van der Waals surface area contributed by atoms with Gasteiger partial charge in [-0.25, -0.2) is 5.32 Å². The van der Waals surface area contributed by atoms with Crippen molar-refractivity contribution in [3.8, 4) is 0 Å². The van der Waals surface area contributed by atoms with Gasteiger partial charge >= 0.3 is 0 Å². The Morgan fingerprint density at radius 2 is 1.94 bits per heavy atom. The van der Waals surface area contributed by atoms with E-state index in [9.17, 15) is 5.11 Å². The maximum atomic E-state index is 10.6. The van der Waals surface area contributed by atoms with Crippen molar-refractivity contribution in [1.82, 2.24) is 5.32 Å². The van der Waals surface area contributed by atoms with E-state index in [-0.39, 0.29) is 0 Å². The summed E-state index contributed by atoms with van der Waals surface area (Å²) in [6.07, 6.45) is 1.53. The Morgan fingerprint density at radius 1 is 1.19 bits per heavy atom. The second kappa shape index (κ2) is 3.84. The van der Waals surface area contributed by atoms with E-state index in [1.165, 1.54) is 10.1 Å². The van der Waals surface area contributed by atoms with Gasteiger partial charge in [-0.3, -0.25) is 0 Å². The molecule has 0 unspecified atom stereocenters. The van der Waals surface area contributed by atoms with Gasteiger partial charge < -0.3 is 5.11 Å². The van der Waals surface area contributed by atoms with Gasteiger partial charge in [-0.1, -0.05) is 18.2 Å². The summed E-state index contributed by atoms with van der Waals surface area (Å²) in [5, 5.41) is 16.1. The molecule has 3 heteroatoms. The highest BCUT2D eigenvalue weighted by molar-refractivity contribution is 7.19. The van der Waals surface area contributed by atoms with Crippen molar-refractivity contribution in [2.75, 3.05) is 13.1 Å². The second-order valence-electron chi connectivity index (χ2n) is 4.35. The van der Waals surface area contributed by atoms with E-state index in [1.807, 2.05) is 12.1 Å². The van der Waals surface area contributed by atoms with Crippen LogP contribution >= 0.6 is 11.3 Å². The molecule has 0 bridgehead atoms. The van der Waals surface area contributed by atoms with Gasteiger partial charge in [0.1, 0.15) is 5.60 Å². The lowest BCUT2D eigenvalue weighted by Crippen LogP contribution is -2.35. The SMILES string of the molecule is OC1(c2cc3ccccc3s2)CC[N]CC1. The molecule has 1 aromatic carbocycles. The average molecular weight is 232 g/mol. The Labute approximate surface area is 98.9 Å². The summed E-state index contributed by atoms with van der Waals surface area (Å²) in [7, 11) is 0. The third kappa shape index (κ3) is 1.65. The molecule has 0 atom stereocenters. The fourth-order valence-electron chi connectivity index (χ4n) is 2.22. The van der Waals surface area contributed by atoms with E-state index in [4.69, 9.17) is 0 Å². The molecule has 1 radical (unpaired) electrons. The lowest BCUT2D eigenvalue weighted by atomic mass is 9.91. The van der Waals surface area contributed by atoms with Gasteiger partial charge in [0, 0.05) is 22.7 Å². The van der Waals surface area contributed by atoms with Crippen molar-refractivity contribution >= 4 is 21.4 Å². The van der Waals surface area contributed by atoms with Crippen molar-refractivity contribution in [3.63, 3.8) is 0 Å². The fraction of sp³-hybridized carbons (Fsp3) is 0.385. The minimum absolute atomic E-state index is 0.633. The molecule has 16 heavy (non-hydrogen) atoms. The van der Waals surface area contributed by atoms with Crippen LogP contribution < -0.4 is 5.32 Å². The van der Waals surface area contributed by atoms with Crippen LogP contribution in [-0.2, 0) is 5.60 Å². The lowest BCUT2D eigenvalue weighted by molar-refractivity contribution is 0.00870. The van der Waals surface area contributed by atoms with Gasteiger partial charge in [0.25, 0.3) is 0 Å². The number of fused-ring (bicyclic) bond motifs is 1. The number of benzene rings is 1. The highest BCUT2D eigenvalue weighted by Crippen LogP contribution is 2.38. The van der Waals surface area contributed by atoms with Crippen molar-refractivity contribution in [3.05, 3.63) is 35.2 Å². The second-order valence-corrected chi connectivity index (χ2v) is 5.43. The standard InChI is InChI=1S/C13H14NOS/c15-13(5-7-14-8-6-13)12-9-10-3-1-2-4-11(10)16-12/h1-4,9,15H,5-8H2. The quantitative estimate of drug-likeness (QED) is 0.805.